The number of pyridine rings is 1. The lowest BCUT2D eigenvalue weighted by molar-refractivity contribution is -0.142. The predicted molar refractivity (Wildman–Crippen MR) is 129 cm³/mol. The Bertz CT molecular complexity index is 1440. The molecule has 1 aliphatic carbocycles. The Morgan fingerprint density at radius 3 is 2.79 bits per heavy atom. The number of nitrogens with zero attached hydrogens (tertiary/aromatic N) is 4. The van der Waals surface area contributed by atoms with E-state index in [1.165, 1.54) is 20.0 Å². The highest BCUT2D eigenvalue weighted by atomic mass is 35.5. The third-order valence-corrected chi connectivity index (χ3v) is 6.45. The normalized spacial score (nSPS) is 14.4. The van der Waals surface area contributed by atoms with Gasteiger partial charge in [0.25, 0.3) is 0 Å². The standard InChI is InChI=1S/C25H25ClN4O4/c1-3-17(25(32)33-2)23-24(31)18-6-4-5-7-20(18)30(28-23)12-16-11-29-13-21(34-14-15-8-9-15)19(26)10-22(29)27-16/h4-7,10-11,13,15,17H,3,8-9,12,14H2,1-2H3. The van der Waals surface area contributed by atoms with Gasteiger partial charge < -0.3 is 13.9 Å². The number of carbonyl (C=O) groups is 1. The number of hydrogen-bond acceptors (Lipinski definition) is 6. The zero-order chi connectivity index (χ0) is 23.8. The van der Waals surface area contributed by atoms with Gasteiger partial charge in [-0.25, -0.2) is 4.98 Å². The van der Waals surface area contributed by atoms with Gasteiger partial charge in [0.15, 0.2) is 5.75 Å². The highest BCUT2D eigenvalue weighted by molar-refractivity contribution is 6.32. The molecule has 0 spiro atoms. The first-order valence-electron chi connectivity index (χ1n) is 11.4. The molecule has 9 heteroatoms. The average Bonchev–Trinajstić information content (AvgIpc) is 3.59. The molecule has 176 valence electrons. The lowest BCUT2D eigenvalue weighted by atomic mass is 10.0. The van der Waals surface area contributed by atoms with Gasteiger partial charge in [-0.2, -0.15) is 5.10 Å². The smallest absolute Gasteiger partial charge is 0.314 e. The minimum Gasteiger partial charge on any atom is -0.490 e. The molecule has 3 heterocycles. The predicted octanol–water partition coefficient (Wildman–Crippen LogP) is 4.20. The number of imidazole rings is 1. The highest BCUT2D eigenvalue weighted by Crippen LogP contribution is 2.32. The molecule has 8 nitrogen and oxygen atoms in total. The maximum absolute atomic E-state index is 13.2. The van der Waals surface area contributed by atoms with Crippen LogP contribution in [0.4, 0.5) is 0 Å². The number of rotatable bonds is 8. The number of methoxy groups -OCH3 is 1. The summed E-state index contributed by atoms with van der Waals surface area (Å²) in [6.45, 7) is 2.81. The van der Waals surface area contributed by atoms with E-state index in [0.717, 1.165) is 5.69 Å². The molecule has 0 radical (unpaired) electrons. The number of fused-ring (bicyclic) bond motifs is 2. The molecule has 1 unspecified atom stereocenters. The molecule has 1 fully saturated rings. The number of carbonyl (C=O) groups excluding carboxylic acids is 1. The second kappa shape index (κ2) is 9.10. The fourth-order valence-corrected chi connectivity index (χ4v) is 4.29. The van der Waals surface area contributed by atoms with Crippen molar-refractivity contribution in [1.82, 2.24) is 19.2 Å². The quantitative estimate of drug-likeness (QED) is 0.351. The summed E-state index contributed by atoms with van der Waals surface area (Å²) in [5.74, 6) is 0.0357. The molecule has 4 aromatic rings. The van der Waals surface area contributed by atoms with Gasteiger partial charge in [-0.05, 0) is 37.3 Å². The lowest BCUT2D eigenvalue weighted by Crippen LogP contribution is -2.26. The number of halogens is 1. The van der Waals surface area contributed by atoms with E-state index in [1.807, 2.05) is 35.9 Å². The number of para-hydroxylation sites is 1. The largest absolute Gasteiger partial charge is 0.490 e. The van der Waals surface area contributed by atoms with Crippen LogP contribution in [0.25, 0.3) is 16.6 Å². The van der Waals surface area contributed by atoms with Crippen LogP contribution in [-0.4, -0.2) is 38.9 Å². The fourth-order valence-electron chi connectivity index (χ4n) is 4.09. The van der Waals surface area contributed by atoms with E-state index >= 15 is 0 Å². The Morgan fingerprint density at radius 2 is 2.06 bits per heavy atom. The molecule has 1 saturated carbocycles. The van der Waals surface area contributed by atoms with E-state index < -0.39 is 11.9 Å². The zero-order valence-corrected chi connectivity index (χ0v) is 19.8. The Balaban J connectivity index is 1.54. The van der Waals surface area contributed by atoms with Crippen LogP contribution in [0.15, 0.2) is 47.5 Å². The van der Waals surface area contributed by atoms with Crippen molar-refractivity contribution in [2.24, 2.45) is 5.92 Å². The molecular weight excluding hydrogens is 456 g/mol. The Labute approximate surface area is 201 Å². The molecule has 1 aromatic carbocycles. The van der Waals surface area contributed by atoms with Crippen LogP contribution in [0.1, 0.15) is 43.5 Å². The fraction of sp³-hybridized carbons (Fsp3) is 0.360. The highest BCUT2D eigenvalue weighted by Gasteiger charge is 2.26. The molecule has 34 heavy (non-hydrogen) atoms. The maximum atomic E-state index is 13.2. The molecular formula is C25H25ClN4O4. The minimum atomic E-state index is -0.737. The second-order valence-corrected chi connectivity index (χ2v) is 9.02. The van der Waals surface area contributed by atoms with E-state index in [2.05, 4.69) is 10.1 Å². The monoisotopic (exact) mass is 480 g/mol. The molecule has 0 N–H and O–H groups in total. The first kappa shape index (κ1) is 22.4. The van der Waals surface area contributed by atoms with Gasteiger partial charge in [-0.3, -0.25) is 14.3 Å². The summed E-state index contributed by atoms with van der Waals surface area (Å²) in [6.07, 6.45) is 6.53. The van der Waals surface area contributed by atoms with Crippen molar-refractivity contribution in [2.45, 2.75) is 38.6 Å². The number of esters is 1. The Hall–Kier alpha value is -3.39. The second-order valence-electron chi connectivity index (χ2n) is 8.61. The van der Waals surface area contributed by atoms with Gasteiger partial charge in [0.1, 0.15) is 17.3 Å². The van der Waals surface area contributed by atoms with Crippen molar-refractivity contribution in [2.75, 3.05) is 13.7 Å². The molecule has 1 atom stereocenters. The minimum absolute atomic E-state index is 0.177. The third kappa shape index (κ3) is 4.25. The number of ether oxygens (including phenoxy) is 2. The van der Waals surface area contributed by atoms with Crippen LogP contribution < -0.4 is 10.2 Å². The summed E-state index contributed by atoms with van der Waals surface area (Å²) in [5.41, 5.74) is 2.00. The van der Waals surface area contributed by atoms with Crippen molar-refractivity contribution in [3.63, 3.8) is 0 Å². The van der Waals surface area contributed by atoms with Crippen molar-refractivity contribution in [3.8, 4) is 5.75 Å². The molecule has 0 saturated heterocycles. The summed E-state index contributed by atoms with van der Waals surface area (Å²) < 4.78 is 14.4. The van der Waals surface area contributed by atoms with Gasteiger partial charge in [-0.15, -0.1) is 0 Å². The van der Waals surface area contributed by atoms with Crippen LogP contribution >= 0.6 is 11.6 Å². The van der Waals surface area contributed by atoms with E-state index in [4.69, 9.17) is 21.1 Å². The summed E-state index contributed by atoms with van der Waals surface area (Å²) in [7, 11) is 1.31. The average molecular weight is 481 g/mol. The third-order valence-electron chi connectivity index (χ3n) is 6.15. The first-order valence-corrected chi connectivity index (χ1v) is 11.7. The summed E-state index contributed by atoms with van der Waals surface area (Å²) in [5, 5.41) is 5.61. The van der Waals surface area contributed by atoms with Crippen molar-refractivity contribution < 1.29 is 14.3 Å². The number of hydrogen-bond donors (Lipinski definition) is 0. The molecule has 1 aliphatic rings. The van der Waals surface area contributed by atoms with E-state index in [1.54, 1.807) is 22.9 Å². The summed E-state index contributed by atoms with van der Waals surface area (Å²) in [4.78, 5) is 30.2. The van der Waals surface area contributed by atoms with Gasteiger partial charge in [-0.1, -0.05) is 30.7 Å². The van der Waals surface area contributed by atoms with Gasteiger partial charge in [0.2, 0.25) is 5.43 Å². The maximum Gasteiger partial charge on any atom is 0.314 e. The first-order chi connectivity index (χ1) is 16.5. The number of benzene rings is 1. The number of aromatic nitrogens is 4. The van der Waals surface area contributed by atoms with Crippen LogP contribution in [-0.2, 0) is 16.1 Å². The van der Waals surface area contributed by atoms with Crippen molar-refractivity contribution >= 4 is 34.1 Å². The van der Waals surface area contributed by atoms with Crippen LogP contribution in [0.2, 0.25) is 5.02 Å². The summed E-state index contributed by atoms with van der Waals surface area (Å²) in [6, 6.07) is 9.01. The molecule has 0 aliphatic heterocycles. The van der Waals surface area contributed by atoms with Crippen LogP contribution in [0.3, 0.4) is 0 Å². The lowest BCUT2D eigenvalue weighted by Gasteiger charge is -2.15. The Kier molecular flexibility index (Phi) is 6.00. The topological polar surface area (TPSA) is 87.7 Å². The Morgan fingerprint density at radius 1 is 1.26 bits per heavy atom. The summed E-state index contributed by atoms with van der Waals surface area (Å²) >= 11 is 6.41. The molecule has 3 aromatic heterocycles. The van der Waals surface area contributed by atoms with Gasteiger partial charge in [0.05, 0.1) is 42.7 Å². The van der Waals surface area contributed by atoms with E-state index in [0.29, 0.717) is 52.8 Å². The zero-order valence-electron chi connectivity index (χ0n) is 19.0. The molecule has 0 amide bonds. The SMILES string of the molecule is CCC(C(=O)OC)c1nn(Cc2cn3cc(OCC4CC4)c(Cl)cc3n2)c2ccccc2c1=O. The molecule has 0 bridgehead atoms. The van der Waals surface area contributed by atoms with Crippen LogP contribution in [0, 0.1) is 5.92 Å². The van der Waals surface area contributed by atoms with Crippen LogP contribution in [0.5, 0.6) is 5.75 Å². The van der Waals surface area contributed by atoms with Gasteiger partial charge >= 0.3 is 5.97 Å². The van der Waals surface area contributed by atoms with E-state index in [-0.39, 0.29) is 11.1 Å². The van der Waals surface area contributed by atoms with Crippen molar-refractivity contribution in [3.05, 3.63) is 69.4 Å². The van der Waals surface area contributed by atoms with E-state index in [9.17, 15) is 9.59 Å². The van der Waals surface area contributed by atoms with Crippen molar-refractivity contribution in [1.29, 1.82) is 0 Å². The molecule has 5 rings (SSSR count). The van der Waals surface area contributed by atoms with Gasteiger partial charge in [0, 0.05) is 17.6 Å².